The first-order valence-corrected chi connectivity index (χ1v) is 5.20. The fourth-order valence-electron chi connectivity index (χ4n) is 1.19. The number of benzene rings is 1. The van der Waals surface area contributed by atoms with Crippen LogP contribution in [0.25, 0.3) is 5.57 Å². The molecule has 0 aliphatic rings. The molecular formula is C11H10ClNO4. The Morgan fingerprint density at radius 3 is 2.53 bits per heavy atom. The molecule has 0 amide bonds. The predicted molar refractivity (Wildman–Crippen MR) is 63.1 cm³/mol. The van der Waals surface area contributed by atoms with Gasteiger partial charge in [0.25, 0.3) is 0 Å². The number of hydrogen-bond acceptors (Lipinski definition) is 4. The van der Waals surface area contributed by atoms with Crippen molar-refractivity contribution in [1.82, 2.24) is 0 Å². The molecule has 5 nitrogen and oxygen atoms in total. The fraction of sp³-hybridized carbons (Fsp3) is 0.182. The van der Waals surface area contributed by atoms with Gasteiger partial charge in [-0.2, -0.15) is 0 Å². The summed E-state index contributed by atoms with van der Waals surface area (Å²) in [5.41, 5.74) is 0.290. The third kappa shape index (κ3) is 3.88. The van der Waals surface area contributed by atoms with Gasteiger partial charge in [-0.05, 0) is 24.6 Å². The Morgan fingerprint density at radius 1 is 1.47 bits per heavy atom. The van der Waals surface area contributed by atoms with Crippen LogP contribution in [-0.4, -0.2) is 17.5 Å². The molecule has 0 saturated carbocycles. The maximum atomic E-state index is 11.5. The molecule has 6 heteroatoms. The number of carbonyl (C=O) groups is 1. The Balaban J connectivity index is 3.11. The number of halogens is 1. The number of nitro groups is 1. The Kier molecular flexibility index (Phi) is 4.66. The minimum atomic E-state index is -0.730. The van der Waals surface area contributed by atoms with E-state index in [4.69, 9.17) is 16.3 Å². The van der Waals surface area contributed by atoms with E-state index in [9.17, 15) is 14.9 Å². The van der Waals surface area contributed by atoms with Gasteiger partial charge in [0.05, 0.1) is 11.5 Å². The van der Waals surface area contributed by atoms with Crippen molar-refractivity contribution >= 4 is 23.1 Å². The number of ether oxygens (including phenoxy) is 1. The molecule has 0 unspecified atom stereocenters. The van der Waals surface area contributed by atoms with E-state index in [2.05, 4.69) is 0 Å². The fourth-order valence-corrected chi connectivity index (χ4v) is 1.31. The molecule has 17 heavy (non-hydrogen) atoms. The van der Waals surface area contributed by atoms with Crippen molar-refractivity contribution in [3.8, 4) is 0 Å². The van der Waals surface area contributed by atoms with E-state index in [-0.39, 0.29) is 12.2 Å². The van der Waals surface area contributed by atoms with Crippen LogP contribution in [0.4, 0.5) is 0 Å². The molecule has 1 aromatic rings. The predicted octanol–water partition coefficient (Wildman–Crippen LogP) is 2.52. The maximum absolute atomic E-state index is 11.5. The molecule has 0 aromatic heterocycles. The Labute approximate surface area is 103 Å². The summed E-state index contributed by atoms with van der Waals surface area (Å²) in [5, 5.41) is 10.9. The Bertz CT molecular complexity index is 453. The zero-order chi connectivity index (χ0) is 12.8. The Morgan fingerprint density at radius 2 is 2.06 bits per heavy atom. The van der Waals surface area contributed by atoms with E-state index in [1.807, 2.05) is 0 Å². The second-order valence-corrected chi connectivity index (χ2v) is 3.49. The summed E-state index contributed by atoms with van der Waals surface area (Å²) in [6.45, 7) is 1.78. The average Bonchev–Trinajstić information content (AvgIpc) is 2.27. The van der Waals surface area contributed by atoms with Gasteiger partial charge in [0.1, 0.15) is 5.57 Å². The molecule has 0 spiro atoms. The van der Waals surface area contributed by atoms with Crippen molar-refractivity contribution in [2.75, 3.05) is 6.61 Å². The lowest BCUT2D eigenvalue weighted by Gasteiger charge is -2.04. The van der Waals surface area contributed by atoms with Gasteiger partial charge in [-0.15, -0.1) is 0 Å². The van der Waals surface area contributed by atoms with Crippen molar-refractivity contribution in [3.63, 3.8) is 0 Å². The molecule has 1 aromatic carbocycles. The van der Waals surface area contributed by atoms with Crippen LogP contribution in [0.3, 0.4) is 0 Å². The summed E-state index contributed by atoms with van der Waals surface area (Å²) in [6, 6.07) is 6.14. The van der Waals surface area contributed by atoms with Crippen LogP contribution < -0.4 is 0 Å². The van der Waals surface area contributed by atoms with E-state index >= 15 is 0 Å². The van der Waals surface area contributed by atoms with Crippen LogP contribution in [0, 0.1) is 10.1 Å². The molecular weight excluding hydrogens is 246 g/mol. The third-order valence-corrected chi connectivity index (χ3v) is 2.14. The highest BCUT2D eigenvalue weighted by molar-refractivity contribution is 6.30. The van der Waals surface area contributed by atoms with Gasteiger partial charge in [0.15, 0.2) is 0 Å². The lowest BCUT2D eigenvalue weighted by molar-refractivity contribution is -0.401. The van der Waals surface area contributed by atoms with Crippen molar-refractivity contribution in [3.05, 3.63) is 51.2 Å². The largest absolute Gasteiger partial charge is 0.462 e. The van der Waals surface area contributed by atoms with Crippen molar-refractivity contribution in [2.24, 2.45) is 0 Å². The summed E-state index contributed by atoms with van der Waals surface area (Å²) < 4.78 is 4.74. The summed E-state index contributed by atoms with van der Waals surface area (Å²) in [6.07, 6.45) is 0.626. The minimum Gasteiger partial charge on any atom is -0.462 e. The number of hydrogen-bond donors (Lipinski definition) is 0. The van der Waals surface area contributed by atoms with Crippen LogP contribution in [0.15, 0.2) is 30.5 Å². The second kappa shape index (κ2) is 6.00. The SMILES string of the molecule is CCOC(=O)/C(=C\[N+](=O)[O-])c1ccc(Cl)cc1. The highest BCUT2D eigenvalue weighted by atomic mass is 35.5. The van der Waals surface area contributed by atoms with Gasteiger partial charge in [-0.3, -0.25) is 10.1 Å². The number of carbonyl (C=O) groups excluding carboxylic acids is 1. The molecule has 0 radical (unpaired) electrons. The van der Waals surface area contributed by atoms with Crippen LogP contribution in [0.2, 0.25) is 5.02 Å². The summed E-state index contributed by atoms with van der Waals surface area (Å²) >= 11 is 5.69. The molecule has 0 heterocycles. The first-order chi connectivity index (χ1) is 8.04. The zero-order valence-electron chi connectivity index (χ0n) is 9.05. The quantitative estimate of drug-likeness (QED) is 0.359. The molecule has 90 valence electrons. The smallest absolute Gasteiger partial charge is 0.345 e. The van der Waals surface area contributed by atoms with E-state index < -0.39 is 10.9 Å². The first-order valence-electron chi connectivity index (χ1n) is 4.83. The summed E-state index contributed by atoms with van der Waals surface area (Å²) in [4.78, 5) is 21.3. The highest BCUT2D eigenvalue weighted by Crippen LogP contribution is 2.19. The van der Waals surface area contributed by atoms with E-state index in [1.54, 1.807) is 19.1 Å². The van der Waals surface area contributed by atoms with E-state index in [1.165, 1.54) is 12.1 Å². The molecule has 0 N–H and O–H groups in total. The normalized spacial score (nSPS) is 11.1. The number of esters is 1. The van der Waals surface area contributed by atoms with E-state index in [0.29, 0.717) is 16.8 Å². The topological polar surface area (TPSA) is 69.4 Å². The van der Waals surface area contributed by atoms with Gasteiger partial charge in [0.2, 0.25) is 6.20 Å². The lowest BCUT2D eigenvalue weighted by atomic mass is 10.1. The van der Waals surface area contributed by atoms with Gasteiger partial charge in [-0.25, -0.2) is 4.79 Å². The van der Waals surface area contributed by atoms with Gasteiger partial charge >= 0.3 is 5.97 Å². The molecule has 0 fully saturated rings. The van der Waals surface area contributed by atoms with Crippen LogP contribution in [-0.2, 0) is 9.53 Å². The average molecular weight is 256 g/mol. The number of rotatable bonds is 4. The van der Waals surface area contributed by atoms with Crippen LogP contribution in [0.1, 0.15) is 12.5 Å². The molecule has 0 saturated heterocycles. The molecule has 0 bridgehead atoms. The monoisotopic (exact) mass is 255 g/mol. The van der Waals surface area contributed by atoms with Crippen LogP contribution in [0.5, 0.6) is 0 Å². The Hall–Kier alpha value is -1.88. The maximum Gasteiger partial charge on any atom is 0.345 e. The summed E-state index contributed by atoms with van der Waals surface area (Å²) in [7, 11) is 0. The molecule has 0 aliphatic carbocycles. The second-order valence-electron chi connectivity index (χ2n) is 3.06. The first kappa shape index (κ1) is 13.2. The van der Waals surface area contributed by atoms with Crippen LogP contribution >= 0.6 is 11.6 Å². The third-order valence-electron chi connectivity index (χ3n) is 1.89. The standard InChI is InChI=1S/C11H10ClNO4/c1-2-17-11(14)10(7-13(15)16)8-3-5-9(12)6-4-8/h3-7H,2H2,1H3/b10-7-. The zero-order valence-corrected chi connectivity index (χ0v) is 9.81. The molecule has 0 aliphatic heterocycles. The van der Waals surface area contributed by atoms with Crippen molar-refractivity contribution < 1.29 is 14.5 Å². The van der Waals surface area contributed by atoms with Crippen molar-refractivity contribution in [1.29, 1.82) is 0 Å². The molecule has 0 atom stereocenters. The lowest BCUT2D eigenvalue weighted by Crippen LogP contribution is -2.08. The number of nitrogens with zero attached hydrogens (tertiary/aromatic N) is 1. The van der Waals surface area contributed by atoms with Gasteiger partial charge in [-0.1, -0.05) is 23.7 Å². The minimum absolute atomic E-state index is 0.103. The highest BCUT2D eigenvalue weighted by Gasteiger charge is 2.17. The van der Waals surface area contributed by atoms with E-state index in [0.717, 1.165) is 0 Å². The van der Waals surface area contributed by atoms with Crippen molar-refractivity contribution in [2.45, 2.75) is 6.92 Å². The molecule has 1 rings (SSSR count). The van der Waals surface area contributed by atoms with Gasteiger partial charge in [0, 0.05) is 5.02 Å². The van der Waals surface area contributed by atoms with Gasteiger partial charge < -0.3 is 4.74 Å². The summed E-state index contributed by atoms with van der Waals surface area (Å²) in [5.74, 6) is -0.730.